The largest absolute Gasteiger partial charge is 0.309 e. The maximum Gasteiger partial charge on any atom is 0.180 e. The minimum atomic E-state index is -2.99. The third kappa shape index (κ3) is 6.47. The number of benzene rings is 10. The Morgan fingerprint density at radius 3 is 1.40 bits per heavy atom. The molecular formula is C63H42N4Si. The Bertz CT molecular complexity index is 3780. The fourth-order valence-corrected chi connectivity index (χ4v) is 15.8. The number of hydrogen-bond acceptors (Lipinski definition) is 3. The first-order valence-corrected chi connectivity index (χ1v) is 25.2. The summed E-state index contributed by atoms with van der Waals surface area (Å²) in [6.07, 6.45) is 0. The summed E-state index contributed by atoms with van der Waals surface area (Å²) in [6.45, 7) is 0. The summed E-state index contributed by atoms with van der Waals surface area (Å²) < 4.78 is 2.44. The van der Waals surface area contributed by atoms with Gasteiger partial charge in [0.05, 0.1) is 11.0 Å². The highest BCUT2D eigenvalue weighted by Crippen LogP contribution is 2.37. The molecule has 3 heterocycles. The lowest BCUT2D eigenvalue weighted by atomic mass is 9.99. The lowest BCUT2D eigenvalue weighted by molar-refractivity contribution is 1.07. The highest BCUT2D eigenvalue weighted by atomic mass is 28.3. The van der Waals surface area contributed by atoms with Gasteiger partial charge in [-0.2, -0.15) is 0 Å². The van der Waals surface area contributed by atoms with E-state index in [1.54, 1.807) is 0 Å². The number of nitrogens with zero attached hydrogens (tertiary/aromatic N) is 4. The number of aromatic nitrogens is 4. The lowest BCUT2D eigenvalue weighted by Crippen LogP contribution is -2.72. The Labute approximate surface area is 396 Å². The average Bonchev–Trinajstić information content (AvgIpc) is 3.92. The van der Waals surface area contributed by atoms with Gasteiger partial charge in [-0.3, -0.25) is 0 Å². The second-order valence-corrected chi connectivity index (χ2v) is 21.3. The van der Waals surface area contributed by atoms with Gasteiger partial charge >= 0.3 is 0 Å². The summed E-state index contributed by atoms with van der Waals surface area (Å²) in [5.41, 5.74) is 13.8. The van der Waals surface area contributed by atoms with Crippen LogP contribution in [0, 0.1) is 0 Å². The standard InChI is InChI=1S/C63H42N4Si/c1-5-18-43(19-6-1)48-26-17-27-50(40-48)67-57-30-15-13-28-53(57)55-42-52(37-38-58(55)67)68(59-31-16-14-29-54(59)56-41-49(34-39-60(56)68)44-20-7-2-8-21-44)51-35-32-47(33-36-51)63-65-61(45-22-9-3-10-23-45)64-62(66-63)46-24-11-4-12-25-46/h1-42H. The Morgan fingerprint density at radius 2 is 0.750 bits per heavy atom. The number of rotatable bonds is 8. The van der Waals surface area contributed by atoms with E-state index in [1.807, 2.05) is 36.4 Å². The molecule has 0 fully saturated rings. The molecule has 0 amide bonds. The third-order valence-corrected chi connectivity index (χ3v) is 18.6. The Balaban J connectivity index is 1.03. The Morgan fingerprint density at radius 1 is 0.279 bits per heavy atom. The number of para-hydroxylation sites is 1. The van der Waals surface area contributed by atoms with E-state index in [4.69, 9.17) is 15.0 Å². The average molecular weight is 883 g/mol. The minimum absolute atomic E-state index is 0.644. The molecule has 1 unspecified atom stereocenters. The summed E-state index contributed by atoms with van der Waals surface area (Å²) in [4.78, 5) is 15.2. The molecule has 0 radical (unpaired) electrons. The second-order valence-electron chi connectivity index (χ2n) is 17.5. The minimum Gasteiger partial charge on any atom is -0.309 e. The molecule has 318 valence electrons. The van der Waals surface area contributed by atoms with Gasteiger partial charge in [-0.05, 0) is 84.5 Å². The van der Waals surface area contributed by atoms with Crippen molar-refractivity contribution in [2.75, 3.05) is 0 Å². The zero-order valence-electron chi connectivity index (χ0n) is 37.0. The van der Waals surface area contributed by atoms with Crippen LogP contribution in [0.5, 0.6) is 0 Å². The monoisotopic (exact) mass is 882 g/mol. The van der Waals surface area contributed by atoms with E-state index in [2.05, 4.69) is 223 Å². The fraction of sp³-hybridized carbons (Fsp3) is 0. The van der Waals surface area contributed by atoms with Crippen molar-refractivity contribution in [2.24, 2.45) is 0 Å². The first-order valence-electron chi connectivity index (χ1n) is 23.2. The van der Waals surface area contributed by atoms with Crippen molar-refractivity contribution in [3.05, 3.63) is 255 Å². The van der Waals surface area contributed by atoms with Gasteiger partial charge in [0.25, 0.3) is 0 Å². The highest BCUT2D eigenvalue weighted by Gasteiger charge is 2.49. The SMILES string of the molecule is c1ccc(-c2cccc(-n3c4ccccc4c4cc([Si]5(c6ccc(-c7nc(-c8ccccc8)nc(-c8ccccc8)n7)cc6)c6ccccc6-c6cc(-c7ccccc7)ccc65)ccc43)c2)cc1. The van der Waals surface area contributed by atoms with Crippen molar-refractivity contribution in [3.63, 3.8) is 0 Å². The predicted octanol–water partition coefficient (Wildman–Crippen LogP) is 12.7. The maximum atomic E-state index is 5.11. The molecule has 0 N–H and O–H groups in total. The zero-order valence-corrected chi connectivity index (χ0v) is 38.0. The van der Waals surface area contributed by atoms with Crippen molar-refractivity contribution in [2.45, 2.75) is 0 Å². The molecule has 1 aliphatic rings. The lowest BCUT2D eigenvalue weighted by Gasteiger charge is -2.31. The first-order chi connectivity index (χ1) is 33.7. The van der Waals surface area contributed by atoms with Crippen LogP contribution in [0.4, 0.5) is 0 Å². The molecule has 68 heavy (non-hydrogen) atoms. The summed E-state index contributed by atoms with van der Waals surface area (Å²) in [7, 11) is -2.99. The van der Waals surface area contributed by atoms with Crippen molar-refractivity contribution < 1.29 is 0 Å². The van der Waals surface area contributed by atoms with E-state index in [1.165, 1.54) is 75.9 Å². The van der Waals surface area contributed by atoms with Crippen LogP contribution in [-0.2, 0) is 0 Å². The molecule has 1 aliphatic heterocycles. The van der Waals surface area contributed by atoms with Crippen LogP contribution < -0.4 is 20.7 Å². The highest BCUT2D eigenvalue weighted by molar-refractivity contribution is 7.22. The molecule has 0 bridgehead atoms. The molecule has 4 nitrogen and oxygen atoms in total. The van der Waals surface area contributed by atoms with Crippen LogP contribution in [0.3, 0.4) is 0 Å². The van der Waals surface area contributed by atoms with E-state index in [0.717, 1.165) is 22.4 Å². The van der Waals surface area contributed by atoms with Gasteiger partial charge in [-0.25, -0.2) is 15.0 Å². The van der Waals surface area contributed by atoms with Crippen LogP contribution in [-0.4, -0.2) is 27.6 Å². The van der Waals surface area contributed by atoms with Crippen molar-refractivity contribution >= 4 is 50.6 Å². The third-order valence-electron chi connectivity index (χ3n) is 13.7. The van der Waals surface area contributed by atoms with Crippen molar-refractivity contribution in [3.8, 4) is 73.2 Å². The van der Waals surface area contributed by atoms with E-state index in [9.17, 15) is 0 Å². The molecule has 2 aromatic heterocycles. The molecule has 0 saturated carbocycles. The normalized spacial score (nSPS) is 13.9. The molecule has 13 rings (SSSR count). The molecule has 12 aromatic rings. The quantitative estimate of drug-likeness (QED) is 0.143. The van der Waals surface area contributed by atoms with Crippen LogP contribution in [0.2, 0.25) is 0 Å². The molecule has 0 spiro atoms. The van der Waals surface area contributed by atoms with Gasteiger partial charge < -0.3 is 4.57 Å². The van der Waals surface area contributed by atoms with Crippen molar-refractivity contribution in [1.29, 1.82) is 0 Å². The van der Waals surface area contributed by atoms with E-state index in [-0.39, 0.29) is 0 Å². The zero-order chi connectivity index (χ0) is 45.0. The maximum absolute atomic E-state index is 5.11. The van der Waals surface area contributed by atoms with Crippen molar-refractivity contribution in [1.82, 2.24) is 19.5 Å². The summed E-state index contributed by atoms with van der Waals surface area (Å²) >= 11 is 0. The Kier molecular flexibility index (Phi) is 9.48. The Hall–Kier alpha value is -8.77. The van der Waals surface area contributed by atoms with E-state index < -0.39 is 8.07 Å². The summed E-state index contributed by atoms with van der Waals surface area (Å²) in [5.74, 6) is 1.94. The molecule has 0 saturated heterocycles. The first kappa shape index (κ1) is 39.6. The van der Waals surface area contributed by atoms with E-state index >= 15 is 0 Å². The van der Waals surface area contributed by atoms with Gasteiger partial charge in [-0.1, -0.05) is 224 Å². The number of fused-ring (bicyclic) bond motifs is 6. The number of hydrogen-bond donors (Lipinski definition) is 0. The van der Waals surface area contributed by atoms with Gasteiger partial charge in [-0.15, -0.1) is 0 Å². The predicted molar refractivity (Wildman–Crippen MR) is 284 cm³/mol. The summed E-state index contributed by atoms with van der Waals surface area (Å²) in [6, 6.07) is 92.4. The van der Waals surface area contributed by atoms with E-state index in [0.29, 0.717) is 17.5 Å². The molecule has 10 aromatic carbocycles. The van der Waals surface area contributed by atoms with Gasteiger partial charge in [0.15, 0.2) is 25.5 Å². The smallest absolute Gasteiger partial charge is 0.180 e. The fourth-order valence-electron chi connectivity index (χ4n) is 10.6. The molecule has 1 atom stereocenters. The molecular weight excluding hydrogens is 841 g/mol. The molecule has 0 aliphatic carbocycles. The van der Waals surface area contributed by atoms with Crippen LogP contribution >= 0.6 is 0 Å². The topological polar surface area (TPSA) is 43.6 Å². The van der Waals surface area contributed by atoms with Gasteiger partial charge in [0.2, 0.25) is 0 Å². The second kappa shape index (κ2) is 16.3. The van der Waals surface area contributed by atoms with Crippen LogP contribution in [0.1, 0.15) is 0 Å². The summed E-state index contributed by atoms with van der Waals surface area (Å²) in [5, 5.41) is 7.91. The van der Waals surface area contributed by atoms with Crippen LogP contribution in [0.25, 0.3) is 95.0 Å². The van der Waals surface area contributed by atoms with Gasteiger partial charge in [0, 0.05) is 33.2 Å². The molecule has 5 heteroatoms. The van der Waals surface area contributed by atoms with Gasteiger partial charge in [0.1, 0.15) is 0 Å². The van der Waals surface area contributed by atoms with Crippen LogP contribution in [0.15, 0.2) is 255 Å².